The molecule has 4 nitrogen and oxygen atoms in total. The zero-order valence-electron chi connectivity index (χ0n) is 9.10. The Hall–Kier alpha value is -0.490. The molecular weight excluding hydrogens is 212 g/mol. The van der Waals surface area contributed by atoms with Gasteiger partial charge in [0.05, 0.1) is 19.3 Å². The van der Waals surface area contributed by atoms with Gasteiger partial charge in [-0.25, -0.2) is 4.98 Å². The third kappa shape index (κ3) is 3.53. The van der Waals surface area contributed by atoms with E-state index in [0.717, 1.165) is 5.01 Å². The van der Waals surface area contributed by atoms with Crippen LogP contribution in [0.25, 0.3) is 0 Å². The topological polar surface area (TPSA) is 65.4 Å². The van der Waals surface area contributed by atoms with E-state index in [2.05, 4.69) is 10.3 Å². The second-order valence-corrected chi connectivity index (χ2v) is 5.03. The van der Waals surface area contributed by atoms with Gasteiger partial charge < -0.3 is 15.5 Å². The van der Waals surface area contributed by atoms with Crippen molar-refractivity contribution in [3.05, 3.63) is 16.6 Å². The zero-order valence-corrected chi connectivity index (χ0v) is 9.92. The van der Waals surface area contributed by atoms with E-state index < -0.39 is 5.41 Å². The van der Waals surface area contributed by atoms with Gasteiger partial charge in [0.15, 0.2) is 0 Å². The van der Waals surface area contributed by atoms with Crippen molar-refractivity contribution in [3.63, 3.8) is 0 Å². The maximum Gasteiger partial charge on any atom is 0.109 e. The summed E-state index contributed by atoms with van der Waals surface area (Å²) < 4.78 is 0. The van der Waals surface area contributed by atoms with Crippen molar-refractivity contribution in [2.75, 3.05) is 19.8 Å². The van der Waals surface area contributed by atoms with Gasteiger partial charge in [0.2, 0.25) is 0 Å². The van der Waals surface area contributed by atoms with Crippen molar-refractivity contribution < 1.29 is 10.2 Å². The lowest BCUT2D eigenvalue weighted by atomic mass is 9.93. The number of hydrogen-bond acceptors (Lipinski definition) is 5. The maximum atomic E-state index is 9.12. The SMILES string of the molecule is CC(NCC(C)(CO)CO)c1nccs1. The molecule has 1 heterocycles. The Balaban J connectivity index is 2.43. The molecule has 0 aliphatic carbocycles. The summed E-state index contributed by atoms with van der Waals surface area (Å²) in [6, 6.07) is 0.155. The number of hydrogen-bond donors (Lipinski definition) is 3. The van der Waals surface area contributed by atoms with Crippen LogP contribution < -0.4 is 5.32 Å². The first-order valence-corrected chi connectivity index (χ1v) is 5.84. The van der Waals surface area contributed by atoms with Crippen LogP contribution in [-0.4, -0.2) is 35.0 Å². The molecule has 0 saturated carbocycles. The number of nitrogens with one attached hydrogen (secondary N) is 1. The van der Waals surface area contributed by atoms with Gasteiger partial charge in [-0.05, 0) is 6.92 Å². The van der Waals surface area contributed by atoms with Gasteiger partial charge in [-0.2, -0.15) is 0 Å². The van der Waals surface area contributed by atoms with Gasteiger partial charge in [0, 0.05) is 23.5 Å². The highest BCUT2D eigenvalue weighted by Gasteiger charge is 2.23. The summed E-state index contributed by atoms with van der Waals surface area (Å²) in [7, 11) is 0. The van der Waals surface area contributed by atoms with E-state index in [1.165, 1.54) is 0 Å². The number of nitrogens with zero attached hydrogens (tertiary/aromatic N) is 1. The van der Waals surface area contributed by atoms with Crippen LogP contribution in [0.5, 0.6) is 0 Å². The van der Waals surface area contributed by atoms with Crippen LogP contribution in [0.2, 0.25) is 0 Å². The second-order valence-electron chi connectivity index (χ2n) is 4.10. The number of thiazole rings is 1. The molecule has 86 valence electrons. The standard InChI is InChI=1S/C10H18N2O2S/c1-8(9-11-3-4-15-9)12-5-10(2,6-13)7-14/h3-4,8,12-14H,5-7H2,1-2H3. The summed E-state index contributed by atoms with van der Waals surface area (Å²) in [6.45, 7) is 4.38. The smallest absolute Gasteiger partial charge is 0.109 e. The molecule has 3 N–H and O–H groups in total. The van der Waals surface area contributed by atoms with Gasteiger partial charge in [-0.1, -0.05) is 6.92 Å². The Bertz CT molecular complexity index is 273. The molecule has 0 spiro atoms. The third-order valence-electron chi connectivity index (χ3n) is 2.42. The summed E-state index contributed by atoms with van der Waals surface area (Å²) in [4.78, 5) is 4.20. The van der Waals surface area contributed by atoms with E-state index in [1.54, 1.807) is 17.5 Å². The highest BCUT2D eigenvalue weighted by Crippen LogP contribution is 2.18. The first-order valence-electron chi connectivity index (χ1n) is 4.96. The van der Waals surface area contributed by atoms with E-state index in [4.69, 9.17) is 10.2 Å². The number of rotatable bonds is 6. The minimum absolute atomic E-state index is 0.0267. The van der Waals surface area contributed by atoms with Crippen molar-refractivity contribution in [2.45, 2.75) is 19.9 Å². The van der Waals surface area contributed by atoms with Crippen LogP contribution in [0, 0.1) is 5.41 Å². The van der Waals surface area contributed by atoms with Crippen LogP contribution in [-0.2, 0) is 0 Å². The minimum Gasteiger partial charge on any atom is -0.396 e. The number of aliphatic hydroxyl groups is 2. The predicted octanol–water partition coefficient (Wildman–Crippen LogP) is 0.785. The lowest BCUT2D eigenvalue weighted by Gasteiger charge is -2.26. The minimum atomic E-state index is -0.467. The first kappa shape index (κ1) is 12.6. The lowest BCUT2D eigenvalue weighted by molar-refractivity contribution is 0.0677. The molecule has 0 radical (unpaired) electrons. The van der Waals surface area contributed by atoms with E-state index in [-0.39, 0.29) is 19.3 Å². The Labute approximate surface area is 94.0 Å². The van der Waals surface area contributed by atoms with Crippen LogP contribution >= 0.6 is 11.3 Å². The molecule has 0 saturated heterocycles. The monoisotopic (exact) mass is 230 g/mol. The highest BCUT2D eigenvalue weighted by molar-refractivity contribution is 7.09. The molecule has 0 fully saturated rings. The van der Waals surface area contributed by atoms with Crippen LogP contribution in [0.3, 0.4) is 0 Å². The first-order chi connectivity index (χ1) is 7.11. The molecule has 1 rings (SSSR count). The average Bonchev–Trinajstić information content (AvgIpc) is 2.79. The van der Waals surface area contributed by atoms with Gasteiger partial charge in [-0.3, -0.25) is 0 Å². The third-order valence-corrected chi connectivity index (χ3v) is 3.38. The Morgan fingerprint density at radius 2 is 2.20 bits per heavy atom. The normalized spacial score (nSPS) is 14.1. The molecule has 0 amide bonds. The quantitative estimate of drug-likeness (QED) is 0.676. The van der Waals surface area contributed by atoms with E-state index in [1.807, 2.05) is 19.2 Å². The summed E-state index contributed by atoms with van der Waals surface area (Å²) in [5.41, 5.74) is -0.467. The van der Waals surface area contributed by atoms with Gasteiger partial charge in [-0.15, -0.1) is 11.3 Å². The summed E-state index contributed by atoms with van der Waals surface area (Å²) >= 11 is 1.60. The molecule has 1 unspecified atom stereocenters. The lowest BCUT2D eigenvalue weighted by Crippen LogP contribution is -2.38. The van der Waals surface area contributed by atoms with Gasteiger partial charge >= 0.3 is 0 Å². The zero-order chi connectivity index (χ0) is 11.3. The van der Waals surface area contributed by atoms with Crippen molar-refractivity contribution in [1.29, 1.82) is 0 Å². The van der Waals surface area contributed by atoms with Gasteiger partial charge in [0.25, 0.3) is 0 Å². The van der Waals surface area contributed by atoms with Crippen molar-refractivity contribution in [2.24, 2.45) is 5.41 Å². The van der Waals surface area contributed by atoms with Crippen molar-refractivity contribution >= 4 is 11.3 Å². The molecule has 0 aliphatic rings. The van der Waals surface area contributed by atoms with Gasteiger partial charge in [0.1, 0.15) is 5.01 Å². The Kier molecular flexibility index (Phi) is 4.66. The van der Waals surface area contributed by atoms with Crippen LogP contribution in [0.15, 0.2) is 11.6 Å². The van der Waals surface area contributed by atoms with E-state index in [9.17, 15) is 0 Å². The Morgan fingerprint density at radius 1 is 1.53 bits per heavy atom. The molecule has 0 aliphatic heterocycles. The van der Waals surface area contributed by atoms with Crippen molar-refractivity contribution in [1.82, 2.24) is 10.3 Å². The summed E-state index contributed by atoms with van der Waals surface area (Å²) in [5, 5.41) is 24.4. The fourth-order valence-electron chi connectivity index (χ4n) is 1.10. The molecule has 15 heavy (non-hydrogen) atoms. The molecule has 0 aromatic carbocycles. The molecule has 5 heteroatoms. The molecular formula is C10H18N2O2S. The van der Waals surface area contributed by atoms with Crippen molar-refractivity contribution in [3.8, 4) is 0 Å². The van der Waals surface area contributed by atoms with E-state index >= 15 is 0 Å². The highest BCUT2D eigenvalue weighted by atomic mass is 32.1. The van der Waals surface area contributed by atoms with E-state index in [0.29, 0.717) is 6.54 Å². The van der Waals surface area contributed by atoms with Crippen LogP contribution in [0.4, 0.5) is 0 Å². The maximum absolute atomic E-state index is 9.12. The van der Waals surface area contributed by atoms with Crippen LogP contribution in [0.1, 0.15) is 24.9 Å². The Morgan fingerprint density at radius 3 is 2.67 bits per heavy atom. The average molecular weight is 230 g/mol. The second kappa shape index (κ2) is 5.55. The largest absolute Gasteiger partial charge is 0.396 e. The molecule has 1 aromatic rings. The summed E-state index contributed by atoms with van der Waals surface area (Å²) in [5.74, 6) is 0. The number of aromatic nitrogens is 1. The summed E-state index contributed by atoms with van der Waals surface area (Å²) in [6.07, 6.45) is 1.77. The molecule has 0 bridgehead atoms. The molecule has 1 aromatic heterocycles. The fourth-order valence-corrected chi connectivity index (χ4v) is 1.77. The fraction of sp³-hybridized carbons (Fsp3) is 0.700. The predicted molar refractivity (Wildman–Crippen MR) is 60.8 cm³/mol. The number of aliphatic hydroxyl groups excluding tert-OH is 2. The molecule has 1 atom stereocenters.